The van der Waals surface area contributed by atoms with Gasteiger partial charge in [-0.2, -0.15) is 8.42 Å². The fourth-order valence-electron chi connectivity index (χ4n) is 1.02. The number of alkyl halides is 13. The maximum Gasteiger partial charge on any atom is 0.295 e. The zero-order valence-corrected chi connectivity index (χ0v) is 32.0. The molecule has 0 rings (SSSR count). The molecule has 0 spiro atoms. The molecule has 146 valence electrons. The first kappa shape index (κ1) is 30.1. The van der Waals surface area contributed by atoms with E-state index in [2.05, 4.69) is 211 Å². The van der Waals surface area contributed by atoms with Gasteiger partial charge >= 0.3 is 0 Å². The summed E-state index contributed by atoms with van der Waals surface area (Å²) in [6.07, 6.45) is 0. The maximum absolute atomic E-state index is 12.4. The summed E-state index contributed by atoms with van der Waals surface area (Å²) in [6.45, 7) is 0. The highest BCUT2D eigenvalue weighted by molar-refractivity contribution is 9.42. The summed E-state index contributed by atoms with van der Waals surface area (Å²) in [7, 11) is -3.05. The molecule has 0 aliphatic carbocycles. The van der Waals surface area contributed by atoms with Crippen molar-refractivity contribution in [1.82, 2.24) is 0 Å². The largest absolute Gasteiger partial charge is 0.295 e. The number of rotatable bonds is 6. The van der Waals surface area contributed by atoms with Crippen LogP contribution in [0.2, 0.25) is 0 Å². The minimum Gasteiger partial charge on any atom is -0.272 e. The van der Waals surface area contributed by atoms with Crippen molar-refractivity contribution < 1.29 is 12.6 Å². The Morgan fingerprint density at radius 3 is 1.12 bits per heavy atom. The van der Waals surface area contributed by atoms with Crippen LogP contribution >= 0.6 is 207 Å². The maximum atomic E-state index is 12.4. The predicted octanol–water partition coefficient (Wildman–Crippen LogP) is 9.19. The zero-order valence-electron chi connectivity index (χ0n) is 10.5. The van der Waals surface area contributed by atoms with Gasteiger partial charge in [-0.05, 0) is 31.9 Å². The molecule has 0 radical (unpaired) electrons. The quantitative estimate of drug-likeness (QED) is 0.197. The normalized spacial score (nSPS) is 16.4. The Hall–Kier alpha value is 6.15. The molecule has 0 unspecified atom stereocenters. The van der Waals surface area contributed by atoms with Crippen LogP contribution in [0.5, 0.6) is 0 Å². The van der Waals surface area contributed by atoms with Gasteiger partial charge in [0.15, 0.2) is 2.14 Å². The van der Waals surface area contributed by atoms with Gasteiger partial charge in [0.2, 0.25) is 2.57 Å². The molecule has 0 atom stereocenters. The third kappa shape index (κ3) is 5.20. The second-order valence-corrected chi connectivity index (χ2v) is 30.8. The number of hydrogen-bond acceptors (Lipinski definition) is 3. The van der Waals surface area contributed by atoms with Crippen LogP contribution in [0.4, 0.5) is 0 Å². The van der Waals surface area contributed by atoms with Crippen LogP contribution in [0, 0.1) is 0 Å². The van der Waals surface area contributed by atoms with Crippen molar-refractivity contribution >= 4 is 217 Å². The molecule has 0 amide bonds. The van der Waals surface area contributed by atoms with Crippen molar-refractivity contribution in [3.05, 3.63) is 0 Å². The van der Waals surface area contributed by atoms with Crippen molar-refractivity contribution in [2.75, 3.05) is 7.11 Å². The van der Waals surface area contributed by atoms with E-state index in [9.17, 15) is 8.42 Å². The molecule has 0 aromatic carbocycles. The van der Waals surface area contributed by atoms with E-state index in [-0.39, 0.29) is 0 Å². The van der Waals surface area contributed by atoms with Crippen molar-refractivity contribution in [2.45, 2.75) is 17.6 Å². The van der Waals surface area contributed by atoms with Gasteiger partial charge in [0.25, 0.3) is 10.1 Å². The van der Waals surface area contributed by atoms with E-state index >= 15 is 0 Å². The molecule has 0 heterocycles. The van der Waals surface area contributed by atoms with Gasteiger partial charge in [0.05, 0.1) is 7.11 Å². The van der Waals surface area contributed by atoms with E-state index in [4.69, 9.17) is 0 Å². The summed E-state index contributed by atoms with van der Waals surface area (Å²) < 4.78 is 21.9. The van der Waals surface area contributed by atoms with Gasteiger partial charge in [-0.25, -0.2) is 0 Å². The van der Waals surface area contributed by atoms with Gasteiger partial charge in [0, 0.05) is 0 Å². The highest BCUT2D eigenvalue weighted by Crippen LogP contribution is 2.75. The van der Waals surface area contributed by atoms with Gasteiger partial charge in [-0.3, -0.25) is 4.18 Å². The Balaban J connectivity index is 6.52. The molecule has 17 heteroatoms. The van der Waals surface area contributed by atoms with Crippen molar-refractivity contribution in [1.29, 1.82) is 0 Å². The molecule has 24 heavy (non-hydrogen) atoms. The smallest absolute Gasteiger partial charge is 0.272 e. The monoisotopic (exact) mass is 1190 g/mol. The molecule has 0 aliphatic heterocycles. The van der Waals surface area contributed by atoms with E-state index in [1.807, 2.05) is 0 Å². The minimum atomic E-state index is -4.11. The Morgan fingerprint density at radius 2 is 0.875 bits per heavy atom. The van der Waals surface area contributed by atoms with Crippen LogP contribution in [0.3, 0.4) is 0 Å². The van der Waals surface area contributed by atoms with Gasteiger partial charge in [-0.1, -0.05) is 175 Å². The van der Waals surface area contributed by atoms with Gasteiger partial charge < -0.3 is 0 Å². The topological polar surface area (TPSA) is 43.4 Å². The van der Waals surface area contributed by atoms with E-state index in [0.29, 0.717) is 0 Å². The Bertz CT molecular complexity index is 575. The predicted molar refractivity (Wildman–Crippen MR) is 148 cm³/mol. The van der Waals surface area contributed by atoms with Crippen molar-refractivity contribution in [3.8, 4) is 0 Å². The lowest BCUT2D eigenvalue weighted by molar-refractivity contribution is 0.391. The summed E-state index contributed by atoms with van der Waals surface area (Å²) in [5.41, 5.74) is 0. The van der Waals surface area contributed by atoms with Crippen LogP contribution in [-0.2, 0) is 14.3 Å². The third-order valence-electron chi connectivity index (χ3n) is 2.44. The summed E-state index contributed by atoms with van der Waals surface area (Å²) in [5, 5.41) is 0. The van der Waals surface area contributed by atoms with Crippen LogP contribution in [-0.4, -0.2) is 33.2 Å². The molecule has 3 nitrogen and oxygen atoms in total. The first-order valence-electron chi connectivity index (χ1n) is 4.82. The summed E-state index contributed by atoms with van der Waals surface area (Å²) >= 11 is 44.9. The SMILES string of the molecule is COS(=O)(=O)C(Br)(Br)C(Br)(Br)C(Br)(Br)C(Br)(Br)C(Br)(Br)C(Br)(Br)Br. The average Bonchev–Trinajstić information content (AvgIpc) is 2.36. The molecule has 0 fully saturated rings. The summed E-state index contributed by atoms with van der Waals surface area (Å²) in [4.78, 5) is 0. The van der Waals surface area contributed by atoms with Gasteiger partial charge in [0.1, 0.15) is 12.9 Å². The van der Waals surface area contributed by atoms with E-state index in [1.165, 1.54) is 0 Å². The Morgan fingerprint density at radius 1 is 0.583 bits per heavy atom. The summed E-state index contributed by atoms with van der Waals surface area (Å²) in [6, 6.07) is 0. The lowest BCUT2D eigenvalue weighted by Crippen LogP contribution is -2.64. The molecule has 0 aliphatic rings. The first-order chi connectivity index (χ1) is 10.1. The van der Waals surface area contributed by atoms with Crippen LogP contribution < -0.4 is 0 Å². The lowest BCUT2D eigenvalue weighted by atomic mass is 10.2. The molecule has 0 aromatic rings. The highest BCUT2D eigenvalue weighted by Gasteiger charge is 2.75. The fourth-order valence-corrected chi connectivity index (χ4v) is 13.8. The van der Waals surface area contributed by atoms with Crippen molar-refractivity contribution in [2.24, 2.45) is 0 Å². The second-order valence-electron chi connectivity index (χ2n) is 3.93. The van der Waals surface area contributed by atoms with Crippen LogP contribution in [0.25, 0.3) is 0 Å². The Kier molecular flexibility index (Phi) is 12.0. The van der Waals surface area contributed by atoms with Crippen LogP contribution in [0.1, 0.15) is 0 Å². The Labute approximate surface area is 249 Å². The third-order valence-corrected chi connectivity index (χ3v) is 30.9. The summed E-state index contributed by atoms with van der Waals surface area (Å²) in [5.74, 6) is 0. The van der Waals surface area contributed by atoms with Crippen molar-refractivity contribution in [3.63, 3.8) is 0 Å². The molecule has 0 aromatic heterocycles. The molecule has 0 N–H and O–H groups in total. The van der Waals surface area contributed by atoms with E-state index < -0.39 is 27.8 Å². The van der Waals surface area contributed by atoms with Gasteiger partial charge in [-0.15, -0.1) is 0 Å². The number of halogens is 13. The standard InChI is InChI=1S/C7H3Br13O3S/c1-23-24(21,22)7(19,20)5(14,15)3(10,11)2(8,9)4(12,13)6(16,17)18/h1H3. The number of hydrogen-bond donors (Lipinski definition) is 0. The minimum absolute atomic E-state index is 0.878. The fraction of sp³-hybridized carbons (Fsp3) is 1.00. The van der Waals surface area contributed by atoms with Crippen LogP contribution in [0.15, 0.2) is 0 Å². The lowest BCUT2D eigenvalue weighted by Gasteiger charge is -2.53. The highest BCUT2D eigenvalue weighted by atomic mass is 80.0. The van der Waals surface area contributed by atoms with E-state index in [1.54, 1.807) is 0 Å². The first-order valence-corrected chi connectivity index (χ1v) is 16.5. The zero-order chi connectivity index (χ0) is 20.2. The molecule has 0 bridgehead atoms. The van der Waals surface area contributed by atoms with E-state index in [0.717, 1.165) is 7.11 Å². The molecular weight excluding hydrogens is 1200 g/mol. The molecule has 0 saturated carbocycles. The average molecular weight is 1210 g/mol. The molecule has 0 saturated heterocycles. The second kappa shape index (κ2) is 9.56. The molecular formula is C7H3Br13O3S.